The van der Waals surface area contributed by atoms with Crippen molar-refractivity contribution < 1.29 is 9.59 Å². The Kier molecular flexibility index (Phi) is 7.25. The molecule has 0 aliphatic carbocycles. The number of amides is 2. The summed E-state index contributed by atoms with van der Waals surface area (Å²) in [7, 11) is 0. The first-order chi connectivity index (χ1) is 15.7. The Balaban J connectivity index is 1.41. The monoisotopic (exact) mass is 428 g/mol. The van der Waals surface area contributed by atoms with Crippen LogP contribution in [-0.4, -0.2) is 58.8 Å². The van der Waals surface area contributed by atoms with Crippen LogP contribution in [-0.2, 0) is 17.8 Å². The topological polar surface area (TPSA) is 65.5 Å². The fourth-order valence-electron chi connectivity index (χ4n) is 3.98. The lowest BCUT2D eigenvalue weighted by Crippen LogP contribution is -2.55. The number of nitrogens with zero attached hydrogens (tertiary/aromatic N) is 3. The molecule has 2 aromatic carbocycles. The van der Waals surface area contributed by atoms with Crippen LogP contribution in [0.25, 0.3) is 0 Å². The molecular weight excluding hydrogens is 400 g/mol. The summed E-state index contributed by atoms with van der Waals surface area (Å²) in [5.74, 6) is -0.319. The lowest BCUT2D eigenvalue weighted by Gasteiger charge is -2.36. The number of pyridine rings is 1. The molecule has 164 valence electrons. The Morgan fingerprint density at radius 1 is 0.844 bits per heavy atom. The predicted octanol–water partition coefficient (Wildman–Crippen LogP) is 2.77. The van der Waals surface area contributed by atoms with Crippen LogP contribution in [0.3, 0.4) is 0 Å². The summed E-state index contributed by atoms with van der Waals surface area (Å²) in [4.78, 5) is 34.4. The van der Waals surface area contributed by atoms with Gasteiger partial charge in [0.1, 0.15) is 6.04 Å². The Labute approximate surface area is 188 Å². The molecule has 3 aromatic rings. The third-order valence-electron chi connectivity index (χ3n) is 5.74. The lowest BCUT2D eigenvalue weighted by atomic mass is 10.0. The molecule has 6 nitrogen and oxygen atoms in total. The van der Waals surface area contributed by atoms with Gasteiger partial charge in [-0.25, -0.2) is 0 Å². The van der Waals surface area contributed by atoms with Crippen LogP contribution < -0.4 is 5.32 Å². The molecular formula is C26H28N4O2. The summed E-state index contributed by atoms with van der Waals surface area (Å²) in [6.07, 6.45) is 3.59. The van der Waals surface area contributed by atoms with E-state index in [2.05, 4.69) is 27.3 Å². The highest BCUT2D eigenvalue weighted by molar-refractivity contribution is 5.97. The van der Waals surface area contributed by atoms with E-state index in [0.717, 1.165) is 25.2 Å². The number of hydrogen-bond donors (Lipinski definition) is 1. The molecule has 1 aromatic heterocycles. The molecule has 0 unspecified atom stereocenters. The zero-order valence-electron chi connectivity index (χ0n) is 18.1. The summed E-state index contributed by atoms with van der Waals surface area (Å²) < 4.78 is 0. The smallest absolute Gasteiger partial charge is 0.253 e. The van der Waals surface area contributed by atoms with Crippen molar-refractivity contribution in [1.82, 2.24) is 20.1 Å². The van der Waals surface area contributed by atoms with Crippen LogP contribution in [0.4, 0.5) is 0 Å². The van der Waals surface area contributed by atoms with Crippen LogP contribution in [0.2, 0.25) is 0 Å². The van der Waals surface area contributed by atoms with Crippen molar-refractivity contribution in [2.45, 2.75) is 19.0 Å². The fourth-order valence-corrected chi connectivity index (χ4v) is 3.98. The highest BCUT2D eigenvalue weighted by Crippen LogP contribution is 2.12. The van der Waals surface area contributed by atoms with Gasteiger partial charge in [0.05, 0.1) is 5.56 Å². The summed E-state index contributed by atoms with van der Waals surface area (Å²) >= 11 is 0. The second-order valence-corrected chi connectivity index (χ2v) is 8.04. The van der Waals surface area contributed by atoms with Crippen molar-refractivity contribution in [3.63, 3.8) is 0 Å². The second-order valence-electron chi connectivity index (χ2n) is 8.04. The molecule has 1 atom stereocenters. The average molecular weight is 429 g/mol. The van der Waals surface area contributed by atoms with Gasteiger partial charge >= 0.3 is 0 Å². The maximum Gasteiger partial charge on any atom is 0.253 e. The molecule has 1 aliphatic heterocycles. The highest BCUT2D eigenvalue weighted by atomic mass is 16.2. The number of hydrogen-bond acceptors (Lipinski definition) is 4. The number of carbonyl (C=O) groups is 2. The van der Waals surface area contributed by atoms with Crippen molar-refractivity contribution in [3.05, 3.63) is 102 Å². The van der Waals surface area contributed by atoms with E-state index in [9.17, 15) is 9.59 Å². The maximum absolute atomic E-state index is 13.4. The lowest BCUT2D eigenvalue weighted by molar-refractivity contribution is -0.135. The zero-order chi connectivity index (χ0) is 22.2. The molecule has 4 rings (SSSR count). The molecule has 0 saturated carbocycles. The normalized spacial score (nSPS) is 15.2. The van der Waals surface area contributed by atoms with Gasteiger partial charge < -0.3 is 10.2 Å². The number of aromatic nitrogens is 1. The Morgan fingerprint density at radius 3 is 2.12 bits per heavy atom. The molecule has 32 heavy (non-hydrogen) atoms. The van der Waals surface area contributed by atoms with Gasteiger partial charge in [0.15, 0.2) is 0 Å². The molecule has 1 N–H and O–H groups in total. The van der Waals surface area contributed by atoms with Gasteiger partial charge in [-0.15, -0.1) is 0 Å². The maximum atomic E-state index is 13.4. The molecule has 6 heteroatoms. The van der Waals surface area contributed by atoms with E-state index in [0.29, 0.717) is 25.1 Å². The molecule has 1 fully saturated rings. The predicted molar refractivity (Wildman–Crippen MR) is 124 cm³/mol. The number of piperazine rings is 1. The Morgan fingerprint density at radius 2 is 1.50 bits per heavy atom. The summed E-state index contributed by atoms with van der Waals surface area (Å²) in [6.45, 7) is 3.82. The first kappa shape index (κ1) is 21.7. The van der Waals surface area contributed by atoms with Gasteiger partial charge in [0.2, 0.25) is 5.91 Å². The van der Waals surface area contributed by atoms with Crippen molar-refractivity contribution in [2.75, 3.05) is 26.2 Å². The minimum atomic E-state index is -0.620. The van der Waals surface area contributed by atoms with Gasteiger partial charge in [-0.3, -0.25) is 19.5 Å². The highest BCUT2D eigenvalue weighted by Gasteiger charge is 2.29. The Hall–Kier alpha value is -3.51. The van der Waals surface area contributed by atoms with E-state index >= 15 is 0 Å². The summed E-state index contributed by atoms with van der Waals surface area (Å²) in [5.41, 5.74) is 2.74. The van der Waals surface area contributed by atoms with Crippen LogP contribution in [0.1, 0.15) is 21.5 Å². The third-order valence-corrected chi connectivity index (χ3v) is 5.74. The van der Waals surface area contributed by atoms with Crippen molar-refractivity contribution in [1.29, 1.82) is 0 Å². The first-order valence-electron chi connectivity index (χ1n) is 11.0. The van der Waals surface area contributed by atoms with Crippen LogP contribution >= 0.6 is 0 Å². The molecule has 2 heterocycles. The fraction of sp³-hybridized carbons (Fsp3) is 0.269. The SMILES string of the molecule is O=C(N[C@H](Cc1ccccc1)C(=O)N1CCN(Cc2ccccc2)CC1)c1cccnc1. The Bertz CT molecular complexity index is 1000. The van der Waals surface area contributed by atoms with Crippen molar-refractivity contribution >= 4 is 11.8 Å². The van der Waals surface area contributed by atoms with E-state index in [-0.39, 0.29) is 11.8 Å². The van der Waals surface area contributed by atoms with Gasteiger partial charge in [-0.2, -0.15) is 0 Å². The van der Waals surface area contributed by atoms with Crippen molar-refractivity contribution in [2.24, 2.45) is 0 Å². The van der Waals surface area contributed by atoms with Gasteiger partial charge in [0.25, 0.3) is 5.91 Å². The third kappa shape index (κ3) is 5.80. The number of nitrogens with one attached hydrogen (secondary N) is 1. The quantitative estimate of drug-likeness (QED) is 0.629. The van der Waals surface area contributed by atoms with E-state index in [1.165, 1.54) is 11.8 Å². The van der Waals surface area contributed by atoms with E-state index in [1.807, 2.05) is 53.4 Å². The van der Waals surface area contributed by atoms with Crippen LogP contribution in [0, 0.1) is 0 Å². The van der Waals surface area contributed by atoms with E-state index < -0.39 is 6.04 Å². The van der Waals surface area contributed by atoms with Crippen LogP contribution in [0.5, 0.6) is 0 Å². The number of rotatable bonds is 7. The molecule has 0 spiro atoms. The summed E-state index contributed by atoms with van der Waals surface area (Å²) in [6, 6.07) is 23.0. The molecule has 1 saturated heterocycles. The largest absolute Gasteiger partial charge is 0.340 e. The first-order valence-corrected chi connectivity index (χ1v) is 11.0. The second kappa shape index (κ2) is 10.7. The number of benzene rings is 2. The molecule has 2 amide bonds. The van der Waals surface area contributed by atoms with Gasteiger partial charge in [0, 0.05) is 51.5 Å². The van der Waals surface area contributed by atoms with Gasteiger partial charge in [-0.1, -0.05) is 60.7 Å². The van der Waals surface area contributed by atoms with E-state index in [4.69, 9.17) is 0 Å². The molecule has 0 radical (unpaired) electrons. The minimum Gasteiger partial charge on any atom is -0.340 e. The standard InChI is InChI=1S/C26H28N4O2/c31-25(23-12-7-13-27-19-23)28-24(18-21-8-3-1-4-9-21)26(32)30-16-14-29(15-17-30)20-22-10-5-2-6-11-22/h1-13,19,24H,14-18,20H2,(H,28,31)/t24-/m1/s1. The van der Waals surface area contributed by atoms with Crippen molar-refractivity contribution in [3.8, 4) is 0 Å². The molecule has 1 aliphatic rings. The minimum absolute atomic E-state index is 0.0366. The van der Waals surface area contributed by atoms with Gasteiger partial charge in [-0.05, 0) is 23.3 Å². The van der Waals surface area contributed by atoms with Crippen LogP contribution in [0.15, 0.2) is 85.2 Å². The number of carbonyl (C=O) groups excluding carboxylic acids is 2. The summed E-state index contributed by atoms with van der Waals surface area (Å²) in [5, 5.41) is 2.95. The zero-order valence-corrected chi connectivity index (χ0v) is 18.1. The average Bonchev–Trinajstić information content (AvgIpc) is 2.85. The van der Waals surface area contributed by atoms with E-state index in [1.54, 1.807) is 18.3 Å². The molecule has 0 bridgehead atoms.